The van der Waals surface area contributed by atoms with Gasteiger partial charge in [0, 0.05) is 23.5 Å². The molecule has 0 unspecified atom stereocenters. The minimum atomic E-state index is -0.360. The van der Waals surface area contributed by atoms with E-state index >= 15 is 0 Å². The monoisotopic (exact) mass is 509 g/mol. The lowest BCUT2D eigenvalue weighted by Gasteiger charge is -2.10. The second-order valence-corrected chi connectivity index (χ2v) is 9.46. The number of hydrogen-bond acceptors (Lipinski definition) is 6. The normalized spacial score (nSPS) is 11.2. The van der Waals surface area contributed by atoms with Crippen LogP contribution in [0.2, 0.25) is 0 Å². The van der Waals surface area contributed by atoms with Crippen molar-refractivity contribution in [2.24, 2.45) is 0 Å². The summed E-state index contributed by atoms with van der Waals surface area (Å²) >= 11 is 1.30. The third kappa shape index (κ3) is 4.64. The van der Waals surface area contributed by atoms with E-state index in [4.69, 9.17) is 4.74 Å². The number of anilines is 1. The van der Waals surface area contributed by atoms with E-state index in [1.165, 1.54) is 23.5 Å². The second kappa shape index (κ2) is 9.44. The van der Waals surface area contributed by atoms with Crippen LogP contribution in [0.15, 0.2) is 85.2 Å². The molecule has 1 N–H and O–H groups in total. The van der Waals surface area contributed by atoms with Gasteiger partial charge in [-0.1, -0.05) is 23.5 Å². The van der Waals surface area contributed by atoms with Crippen molar-refractivity contribution in [3.05, 3.63) is 108 Å². The quantitative estimate of drug-likeness (QED) is 0.285. The molecule has 37 heavy (non-hydrogen) atoms. The van der Waals surface area contributed by atoms with Gasteiger partial charge in [-0.15, -0.1) is 0 Å². The van der Waals surface area contributed by atoms with Crippen LogP contribution in [0, 0.1) is 12.7 Å². The number of hydrogen-bond donors (Lipinski definition) is 1. The standard InChI is InChI=1S/C28H20FN5O2S/c1-17-31-24-15-30-12-11-25(24)34(17)21-6-8-22(9-7-21)36-16-18-3-2-4-19(13-18)27(35)33-28-32-23-14-20(29)5-10-26(23)37-28/h2-15H,16H2,1H3,(H,32,33,35). The maximum Gasteiger partial charge on any atom is 0.257 e. The summed E-state index contributed by atoms with van der Waals surface area (Å²) in [5.74, 6) is 0.943. The van der Waals surface area contributed by atoms with E-state index in [2.05, 4.69) is 24.8 Å². The average Bonchev–Trinajstić information content (AvgIpc) is 3.46. The highest BCUT2D eigenvalue weighted by molar-refractivity contribution is 7.22. The minimum absolute atomic E-state index is 0.288. The molecule has 9 heteroatoms. The van der Waals surface area contributed by atoms with Gasteiger partial charge in [-0.2, -0.15) is 0 Å². The van der Waals surface area contributed by atoms with Crippen LogP contribution in [0.25, 0.3) is 26.9 Å². The number of nitrogens with one attached hydrogen (secondary N) is 1. The SMILES string of the molecule is Cc1nc2cnccc2n1-c1ccc(OCc2cccc(C(=O)Nc3nc4cc(F)ccc4s3)c2)cc1. The lowest BCUT2D eigenvalue weighted by molar-refractivity contribution is 0.102. The number of pyridine rings is 1. The molecular weight excluding hydrogens is 489 g/mol. The fourth-order valence-electron chi connectivity index (χ4n) is 4.16. The average molecular weight is 510 g/mol. The molecule has 0 aliphatic carbocycles. The van der Waals surface area contributed by atoms with Crippen molar-refractivity contribution < 1.29 is 13.9 Å². The summed E-state index contributed by atoms with van der Waals surface area (Å²) in [6, 6.07) is 21.3. The Morgan fingerprint density at radius 2 is 1.89 bits per heavy atom. The van der Waals surface area contributed by atoms with Crippen LogP contribution in [-0.2, 0) is 6.61 Å². The van der Waals surface area contributed by atoms with Gasteiger partial charge in [0.25, 0.3) is 5.91 Å². The molecule has 0 spiro atoms. The number of nitrogens with zero attached hydrogens (tertiary/aromatic N) is 4. The van der Waals surface area contributed by atoms with Crippen molar-refractivity contribution in [1.82, 2.24) is 19.5 Å². The van der Waals surface area contributed by atoms with Crippen molar-refractivity contribution in [1.29, 1.82) is 0 Å². The number of carbonyl (C=O) groups is 1. The summed E-state index contributed by atoms with van der Waals surface area (Å²) in [6.45, 7) is 2.27. The largest absolute Gasteiger partial charge is 0.489 e. The first-order chi connectivity index (χ1) is 18.0. The molecule has 6 aromatic rings. The van der Waals surface area contributed by atoms with Gasteiger partial charge in [0.15, 0.2) is 5.13 Å². The minimum Gasteiger partial charge on any atom is -0.489 e. The highest BCUT2D eigenvalue weighted by Gasteiger charge is 2.12. The molecule has 0 atom stereocenters. The molecule has 0 fully saturated rings. The Hall–Kier alpha value is -4.63. The van der Waals surface area contributed by atoms with Gasteiger partial charge < -0.3 is 4.74 Å². The number of amides is 1. The smallest absolute Gasteiger partial charge is 0.257 e. The van der Waals surface area contributed by atoms with Crippen molar-refractivity contribution in [3.8, 4) is 11.4 Å². The van der Waals surface area contributed by atoms with E-state index in [-0.39, 0.29) is 11.7 Å². The Balaban J connectivity index is 1.13. The first-order valence-electron chi connectivity index (χ1n) is 11.5. The lowest BCUT2D eigenvalue weighted by Crippen LogP contribution is -2.12. The third-order valence-corrected chi connectivity index (χ3v) is 6.84. The van der Waals surface area contributed by atoms with Crippen LogP contribution in [0.5, 0.6) is 5.75 Å². The van der Waals surface area contributed by atoms with E-state index in [9.17, 15) is 9.18 Å². The first-order valence-corrected chi connectivity index (χ1v) is 12.3. The Morgan fingerprint density at radius 1 is 1.03 bits per heavy atom. The molecule has 0 radical (unpaired) electrons. The Kier molecular flexibility index (Phi) is 5.82. The Labute approximate surface area is 215 Å². The molecule has 3 aromatic heterocycles. The van der Waals surface area contributed by atoms with Crippen LogP contribution >= 0.6 is 11.3 Å². The number of carbonyl (C=O) groups excluding carboxylic acids is 1. The van der Waals surface area contributed by atoms with Gasteiger partial charge in [-0.3, -0.25) is 19.7 Å². The zero-order chi connectivity index (χ0) is 25.4. The molecule has 0 saturated heterocycles. The highest BCUT2D eigenvalue weighted by Crippen LogP contribution is 2.27. The summed E-state index contributed by atoms with van der Waals surface area (Å²) in [6.07, 6.45) is 3.51. The second-order valence-electron chi connectivity index (χ2n) is 8.43. The molecule has 3 aromatic carbocycles. The zero-order valence-electron chi connectivity index (χ0n) is 19.7. The van der Waals surface area contributed by atoms with Crippen molar-refractivity contribution in [2.45, 2.75) is 13.5 Å². The fourth-order valence-corrected chi connectivity index (χ4v) is 5.00. The Morgan fingerprint density at radius 3 is 2.76 bits per heavy atom. The van der Waals surface area contributed by atoms with Gasteiger partial charge in [0.1, 0.15) is 29.5 Å². The fraction of sp³-hybridized carbons (Fsp3) is 0.0714. The van der Waals surface area contributed by atoms with Crippen LogP contribution < -0.4 is 10.1 Å². The predicted octanol–water partition coefficient (Wildman–Crippen LogP) is 6.31. The number of aromatic nitrogens is 4. The van der Waals surface area contributed by atoms with Gasteiger partial charge >= 0.3 is 0 Å². The zero-order valence-corrected chi connectivity index (χ0v) is 20.5. The molecule has 3 heterocycles. The van der Waals surface area contributed by atoms with Crippen LogP contribution in [0.4, 0.5) is 9.52 Å². The third-order valence-electron chi connectivity index (χ3n) is 5.88. The van der Waals surface area contributed by atoms with Crippen molar-refractivity contribution in [3.63, 3.8) is 0 Å². The number of imidazole rings is 1. The predicted molar refractivity (Wildman–Crippen MR) is 142 cm³/mol. The molecule has 0 bridgehead atoms. The van der Waals surface area contributed by atoms with Crippen LogP contribution in [0.3, 0.4) is 0 Å². The Bertz CT molecular complexity index is 1760. The van der Waals surface area contributed by atoms with Gasteiger partial charge in [0.2, 0.25) is 0 Å². The topological polar surface area (TPSA) is 81.9 Å². The molecule has 0 aliphatic rings. The summed E-state index contributed by atoms with van der Waals surface area (Å²) in [7, 11) is 0. The number of ether oxygens (including phenoxy) is 1. The lowest BCUT2D eigenvalue weighted by atomic mass is 10.1. The van der Waals surface area contributed by atoms with Crippen LogP contribution in [0.1, 0.15) is 21.7 Å². The highest BCUT2D eigenvalue weighted by atomic mass is 32.1. The van der Waals surface area contributed by atoms with Gasteiger partial charge in [0.05, 0.1) is 21.9 Å². The molecule has 0 aliphatic heterocycles. The summed E-state index contributed by atoms with van der Waals surface area (Å²) in [5.41, 5.74) is 4.68. The molecule has 7 nitrogen and oxygen atoms in total. The number of benzene rings is 3. The van der Waals surface area contributed by atoms with E-state index in [1.807, 2.05) is 49.4 Å². The van der Waals surface area contributed by atoms with Gasteiger partial charge in [-0.05, 0) is 67.1 Å². The number of halogens is 1. The molecule has 1 amide bonds. The molecule has 0 saturated carbocycles. The molecule has 6 rings (SSSR count). The number of fused-ring (bicyclic) bond motifs is 2. The van der Waals surface area contributed by atoms with E-state index in [0.717, 1.165) is 32.8 Å². The molecular formula is C28H20FN5O2S. The van der Waals surface area contributed by atoms with Crippen LogP contribution in [-0.4, -0.2) is 25.4 Å². The van der Waals surface area contributed by atoms with E-state index < -0.39 is 0 Å². The summed E-state index contributed by atoms with van der Waals surface area (Å²) < 4.78 is 22.3. The van der Waals surface area contributed by atoms with Gasteiger partial charge in [-0.25, -0.2) is 14.4 Å². The number of rotatable bonds is 6. The summed E-state index contributed by atoms with van der Waals surface area (Å²) in [5, 5.41) is 3.22. The first kappa shape index (κ1) is 22.8. The van der Waals surface area contributed by atoms with E-state index in [1.54, 1.807) is 30.6 Å². The molecule has 182 valence electrons. The van der Waals surface area contributed by atoms with Crippen molar-refractivity contribution in [2.75, 3.05) is 5.32 Å². The number of aryl methyl sites for hydroxylation is 1. The summed E-state index contributed by atoms with van der Waals surface area (Å²) in [4.78, 5) is 25.8. The maximum absolute atomic E-state index is 13.4. The van der Waals surface area contributed by atoms with Crippen molar-refractivity contribution >= 4 is 43.6 Å². The maximum atomic E-state index is 13.4. The number of thiazole rings is 1. The van der Waals surface area contributed by atoms with E-state index in [0.29, 0.717) is 28.6 Å².